The second-order valence-electron chi connectivity index (χ2n) is 7.90. The van der Waals surface area contributed by atoms with Crippen molar-refractivity contribution >= 4 is 19.5 Å². The van der Waals surface area contributed by atoms with Gasteiger partial charge in [-0.15, -0.1) is 0 Å². The molecule has 0 saturated heterocycles. The largest absolute Gasteiger partial charge is 0.519 e. The average molecular weight is 562 g/mol. The highest BCUT2D eigenvalue weighted by molar-refractivity contribution is 7.52. The lowest BCUT2D eigenvalue weighted by atomic mass is 10.1. The van der Waals surface area contributed by atoms with Crippen molar-refractivity contribution in [2.45, 2.75) is 53.4 Å². The fourth-order valence-electron chi connectivity index (χ4n) is 3.06. The summed E-state index contributed by atoms with van der Waals surface area (Å²) < 4.78 is 55.9. The van der Waals surface area contributed by atoms with Gasteiger partial charge in [0.05, 0.1) is 12.1 Å². The highest BCUT2D eigenvalue weighted by Crippen LogP contribution is 2.46. The summed E-state index contributed by atoms with van der Waals surface area (Å²) in [5.41, 5.74) is 0. The first-order valence-electron chi connectivity index (χ1n) is 10.9. The molecule has 0 bridgehead atoms. The summed E-state index contributed by atoms with van der Waals surface area (Å²) in [6.45, 7) is 2.66. The standard InChI is InChI=1S/C21H23O16P/c1-10-14(35-19(24)32-10)6-29-17(22)5-4-13(18(23)30-7-15-11(2)33-20(25)36-15)9-38(27,28)31-8-16-12(3)34-21(26)37-16/h13H,4-9H2,1-3H3,(H,27,28). The lowest BCUT2D eigenvalue weighted by Gasteiger charge is -2.18. The van der Waals surface area contributed by atoms with Crippen LogP contribution in [0.1, 0.15) is 47.4 Å². The van der Waals surface area contributed by atoms with Crippen molar-refractivity contribution < 1.29 is 59.5 Å². The predicted octanol–water partition coefficient (Wildman–Crippen LogP) is 1.84. The van der Waals surface area contributed by atoms with Crippen LogP contribution in [0.3, 0.4) is 0 Å². The van der Waals surface area contributed by atoms with Gasteiger partial charge in [0.2, 0.25) is 0 Å². The Labute approximate surface area is 211 Å². The van der Waals surface area contributed by atoms with Crippen molar-refractivity contribution in [1.82, 2.24) is 0 Å². The molecule has 2 unspecified atom stereocenters. The van der Waals surface area contributed by atoms with Crippen LogP contribution in [-0.2, 0) is 48.0 Å². The molecule has 3 heterocycles. The maximum Gasteiger partial charge on any atom is 0.519 e. The van der Waals surface area contributed by atoms with Gasteiger partial charge >= 0.3 is 37.0 Å². The normalized spacial score (nSPS) is 13.7. The van der Waals surface area contributed by atoms with Gasteiger partial charge in [0.25, 0.3) is 0 Å². The monoisotopic (exact) mass is 562 g/mol. The van der Waals surface area contributed by atoms with E-state index in [1.54, 1.807) is 0 Å². The molecule has 0 aliphatic rings. The van der Waals surface area contributed by atoms with Crippen LogP contribution in [0.15, 0.2) is 40.9 Å². The van der Waals surface area contributed by atoms with Gasteiger partial charge in [0.1, 0.15) is 12.4 Å². The van der Waals surface area contributed by atoms with Crippen LogP contribution < -0.4 is 17.5 Å². The van der Waals surface area contributed by atoms with Crippen LogP contribution in [0.2, 0.25) is 0 Å². The number of rotatable bonds is 13. The number of hydrogen-bond donors (Lipinski definition) is 1. The molecule has 38 heavy (non-hydrogen) atoms. The van der Waals surface area contributed by atoms with Crippen molar-refractivity contribution in [3.8, 4) is 0 Å². The van der Waals surface area contributed by atoms with E-state index < -0.39 is 75.3 Å². The van der Waals surface area contributed by atoms with Crippen LogP contribution in [0.4, 0.5) is 0 Å². The second-order valence-corrected chi connectivity index (χ2v) is 9.80. The van der Waals surface area contributed by atoms with Gasteiger partial charge in [-0.1, -0.05) is 0 Å². The number of carbonyl (C=O) groups excluding carboxylic acids is 2. The third kappa shape index (κ3) is 8.06. The maximum absolute atomic E-state index is 12.7. The zero-order valence-electron chi connectivity index (χ0n) is 20.3. The minimum atomic E-state index is -4.52. The van der Waals surface area contributed by atoms with Crippen LogP contribution in [0.25, 0.3) is 0 Å². The molecule has 0 aliphatic carbocycles. The third-order valence-corrected chi connectivity index (χ3v) is 6.53. The first kappa shape index (κ1) is 28.7. The fourth-order valence-corrected chi connectivity index (χ4v) is 4.37. The zero-order valence-corrected chi connectivity index (χ0v) is 21.2. The summed E-state index contributed by atoms with van der Waals surface area (Å²) in [4.78, 5) is 68.7. The molecule has 3 aromatic rings. The molecule has 0 aromatic carbocycles. The van der Waals surface area contributed by atoms with Crippen LogP contribution in [0, 0.1) is 26.7 Å². The summed E-state index contributed by atoms with van der Waals surface area (Å²) in [6.07, 6.45) is -1.51. The van der Waals surface area contributed by atoms with Crippen LogP contribution in [0.5, 0.6) is 0 Å². The number of aryl methyl sites for hydroxylation is 3. The van der Waals surface area contributed by atoms with Gasteiger partial charge in [-0.3, -0.25) is 14.2 Å². The molecular formula is C21H23O16P. The number of ether oxygens (including phenoxy) is 2. The van der Waals surface area contributed by atoms with Crippen molar-refractivity contribution in [2.24, 2.45) is 5.92 Å². The zero-order chi connectivity index (χ0) is 28.0. The number of hydrogen-bond acceptors (Lipinski definition) is 15. The molecule has 208 valence electrons. The van der Waals surface area contributed by atoms with Crippen molar-refractivity contribution in [2.75, 3.05) is 6.16 Å². The molecule has 0 saturated carbocycles. The lowest BCUT2D eigenvalue weighted by Crippen LogP contribution is -2.23. The van der Waals surface area contributed by atoms with Crippen LogP contribution in [-0.4, -0.2) is 23.0 Å². The Hall–Kier alpha value is -3.88. The first-order chi connectivity index (χ1) is 17.8. The second kappa shape index (κ2) is 12.1. The quantitative estimate of drug-likeness (QED) is 0.231. The summed E-state index contributed by atoms with van der Waals surface area (Å²) in [7, 11) is -4.52. The lowest BCUT2D eigenvalue weighted by molar-refractivity contribution is -0.151. The minimum Gasteiger partial charge on any atom is -0.457 e. The third-order valence-electron chi connectivity index (χ3n) is 5.10. The fraction of sp³-hybridized carbons (Fsp3) is 0.476. The van der Waals surface area contributed by atoms with E-state index >= 15 is 0 Å². The highest BCUT2D eigenvalue weighted by atomic mass is 31.2. The van der Waals surface area contributed by atoms with E-state index in [0.29, 0.717) is 0 Å². The van der Waals surface area contributed by atoms with E-state index in [4.69, 9.17) is 27.2 Å². The molecular weight excluding hydrogens is 539 g/mol. The molecule has 0 radical (unpaired) electrons. The molecule has 0 fully saturated rings. The Bertz CT molecular complexity index is 1490. The Balaban J connectivity index is 1.64. The van der Waals surface area contributed by atoms with E-state index in [0.717, 1.165) is 0 Å². The Morgan fingerprint density at radius 1 is 0.763 bits per heavy atom. The minimum absolute atomic E-state index is 0.00858. The molecule has 3 aromatic heterocycles. The Morgan fingerprint density at radius 3 is 1.66 bits per heavy atom. The van der Waals surface area contributed by atoms with E-state index in [1.165, 1.54) is 20.8 Å². The van der Waals surface area contributed by atoms with Crippen LogP contribution >= 0.6 is 7.60 Å². The van der Waals surface area contributed by atoms with E-state index in [2.05, 4.69) is 13.3 Å². The molecule has 0 spiro atoms. The molecule has 17 heteroatoms. The molecule has 3 rings (SSSR count). The SMILES string of the molecule is Cc1oc(=O)oc1COC(=O)CCC(CP(=O)(O)OCc1oc(=O)oc1C)C(=O)OCc1oc(=O)oc1C. The molecule has 0 amide bonds. The molecule has 2 atom stereocenters. The molecule has 16 nitrogen and oxygen atoms in total. The van der Waals surface area contributed by atoms with Crippen molar-refractivity contribution in [1.29, 1.82) is 0 Å². The van der Waals surface area contributed by atoms with Crippen molar-refractivity contribution in [3.05, 3.63) is 66.4 Å². The average Bonchev–Trinajstić information content (AvgIpc) is 3.45. The summed E-state index contributed by atoms with van der Waals surface area (Å²) in [5, 5.41) is 0. The summed E-state index contributed by atoms with van der Waals surface area (Å²) in [5.74, 6) is -6.19. The van der Waals surface area contributed by atoms with Gasteiger partial charge in [0, 0.05) is 6.42 Å². The van der Waals surface area contributed by atoms with E-state index in [1.807, 2.05) is 0 Å². The Morgan fingerprint density at radius 2 is 1.21 bits per heavy atom. The molecule has 0 aliphatic heterocycles. The maximum atomic E-state index is 12.7. The number of esters is 2. The number of carbonyl (C=O) groups is 2. The molecule has 1 N–H and O–H groups in total. The van der Waals surface area contributed by atoms with E-state index in [9.17, 15) is 33.4 Å². The topological polar surface area (TPSA) is 229 Å². The van der Waals surface area contributed by atoms with E-state index in [-0.39, 0.29) is 41.0 Å². The Kier molecular flexibility index (Phi) is 9.14. The highest BCUT2D eigenvalue weighted by Gasteiger charge is 2.33. The summed E-state index contributed by atoms with van der Waals surface area (Å²) in [6, 6.07) is 0. The summed E-state index contributed by atoms with van der Waals surface area (Å²) >= 11 is 0. The van der Waals surface area contributed by atoms with Gasteiger partial charge in [-0.05, 0) is 27.2 Å². The smallest absolute Gasteiger partial charge is 0.457 e. The first-order valence-corrected chi connectivity index (χ1v) is 12.7. The van der Waals surface area contributed by atoms with Gasteiger partial charge < -0.3 is 45.4 Å². The van der Waals surface area contributed by atoms with Gasteiger partial charge in [-0.25, -0.2) is 14.4 Å². The van der Waals surface area contributed by atoms with Gasteiger partial charge in [-0.2, -0.15) is 0 Å². The predicted molar refractivity (Wildman–Crippen MR) is 118 cm³/mol. The van der Waals surface area contributed by atoms with Gasteiger partial charge in [0.15, 0.2) is 42.0 Å². The van der Waals surface area contributed by atoms with Crippen molar-refractivity contribution in [3.63, 3.8) is 0 Å².